The first kappa shape index (κ1) is 17.9. The average Bonchev–Trinajstić information content (AvgIpc) is 2.37. The van der Waals surface area contributed by atoms with Crippen molar-refractivity contribution in [1.82, 2.24) is 5.32 Å². The molecule has 7 heteroatoms. The van der Waals surface area contributed by atoms with E-state index in [0.29, 0.717) is 12.4 Å². The number of carbonyl (C=O) groups is 2. The van der Waals surface area contributed by atoms with Crippen LogP contribution in [0.3, 0.4) is 0 Å². The maximum absolute atomic E-state index is 13.6. The van der Waals surface area contributed by atoms with E-state index in [1.54, 1.807) is 27.7 Å². The third-order valence-electron chi connectivity index (χ3n) is 2.42. The molecular formula is C15H19F2NO4. The van der Waals surface area contributed by atoms with Crippen LogP contribution in [0.5, 0.6) is 5.75 Å². The Bertz CT molecular complexity index is 555. The first-order valence-electron chi connectivity index (χ1n) is 6.70. The van der Waals surface area contributed by atoms with Crippen LogP contribution in [0, 0.1) is 11.6 Å². The van der Waals surface area contributed by atoms with E-state index in [-0.39, 0.29) is 17.9 Å². The number of carbonyl (C=O) groups excluding carboxylic acids is 2. The third-order valence-corrected chi connectivity index (χ3v) is 2.42. The minimum absolute atomic E-state index is 0.0318. The number of ether oxygens (including phenoxy) is 2. The molecule has 1 aromatic rings. The number of benzene rings is 1. The van der Waals surface area contributed by atoms with Gasteiger partial charge in [0.2, 0.25) is 0 Å². The van der Waals surface area contributed by atoms with Gasteiger partial charge in [0.15, 0.2) is 17.9 Å². The second-order valence-electron chi connectivity index (χ2n) is 5.74. The Balaban J connectivity index is 2.64. The van der Waals surface area contributed by atoms with Crippen molar-refractivity contribution in [2.75, 3.05) is 6.54 Å². The van der Waals surface area contributed by atoms with Gasteiger partial charge < -0.3 is 14.8 Å². The fourth-order valence-corrected chi connectivity index (χ4v) is 1.58. The number of nitrogens with one attached hydrogen (secondary N) is 1. The van der Waals surface area contributed by atoms with Gasteiger partial charge in [-0.1, -0.05) is 0 Å². The van der Waals surface area contributed by atoms with Gasteiger partial charge in [-0.3, -0.25) is 4.79 Å². The van der Waals surface area contributed by atoms with Crippen LogP contribution in [0.15, 0.2) is 12.1 Å². The van der Waals surface area contributed by atoms with Crippen molar-refractivity contribution in [3.63, 3.8) is 0 Å². The van der Waals surface area contributed by atoms with Gasteiger partial charge in [-0.2, -0.15) is 0 Å². The van der Waals surface area contributed by atoms with E-state index in [4.69, 9.17) is 9.47 Å². The highest BCUT2D eigenvalue weighted by Gasteiger charge is 2.18. The quantitative estimate of drug-likeness (QED) is 0.848. The van der Waals surface area contributed by atoms with Crippen LogP contribution in [0.1, 0.15) is 38.1 Å². The minimum atomic E-state index is -0.980. The molecule has 1 atom stereocenters. The molecule has 0 aliphatic carbocycles. The van der Waals surface area contributed by atoms with E-state index < -0.39 is 29.4 Å². The number of aldehydes is 1. The Morgan fingerprint density at radius 1 is 1.36 bits per heavy atom. The van der Waals surface area contributed by atoms with Crippen LogP contribution >= 0.6 is 0 Å². The predicted molar refractivity (Wildman–Crippen MR) is 76.1 cm³/mol. The predicted octanol–water partition coefficient (Wildman–Crippen LogP) is 3.07. The van der Waals surface area contributed by atoms with Crippen molar-refractivity contribution in [3.8, 4) is 5.75 Å². The topological polar surface area (TPSA) is 64.6 Å². The standard InChI is InChI=1S/C15H19F2NO4/c1-9(7-18-14(20)22-15(2,3)4)21-13-10(8-19)5-11(16)6-12(13)17/h5-6,8-9H,7H2,1-4H3,(H,18,20)/t9-/m0/s1. The highest BCUT2D eigenvalue weighted by atomic mass is 19.1. The van der Waals surface area contributed by atoms with Crippen molar-refractivity contribution in [1.29, 1.82) is 0 Å². The lowest BCUT2D eigenvalue weighted by atomic mass is 10.2. The van der Waals surface area contributed by atoms with Gasteiger partial charge in [-0.05, 0) is 33.8 Å². The van der Waals surface area contributed by atoms with Crippen LogP contribution < -0.4 is 10.1 Å². The van der Waals surface area contributed by atoms with E-state index in [0.717, 1.165) is 6.07 Å². The molecule has 1 amide bonds. The van der Waals surface area contributed by atoms with Crippen molar-refractivity contribution in [3.05, 3.63) is 29.3 Å². The summed E-state index contributed by atoms with van der Waals surface area (Å²) >= 11 is 0. The Kier molecular flexibility index (Phi) is 5.84. The average molecular weight is 315 g/mol. The zero-order valence-electron chi connectivity index (χ0n) is 12.9. The molecule has 0 saturated carbocycles. The summed E-state index contributed by atoms with van der Waals surface area (Å²) in [5.74, 6) is -2.20. The number of rotatable bonds is 5. The monoisotopic (exact) mass is 315 g/mol. The summed E-state index contributed by atoms with van der Waals surface area (Å²) in [6, 6.07) is 1.50. The lowest BCUT2D eigenvalue weighted by molar-refractivity contribution is 0.0503. The summed E-state index contributed by atoms with van der Waals surface area (Å²) in [5, 5.41) is 2.46. The van der Waals surface area contributed by atoms with Gasteiger partial charge in [-0.15, -0.1) is 0 Å². The van der Waals surface area contributed by atoms with Crippen LogP contribution in [0.2, 0.25) is 0 Å². The highest BCUT2D eigenvalue weighted by Crippen LogP contribution is 2.24. The second kappa shape index (κ2) is 7.20. The molecule has 0 aliphatic rings. The molecule has 0 fully saturated rings. The molecule has 0 radical (unpaired) electrons. The van der Waals surface area contributed by atoms with E-state index in [2.05, 4.69) is 5.32 Å². The number of hydrogen-bond donors (Lipinski definition) is 1. The van der Waals surface area contributed by atoms with E-state index in [1.165, 1.54) is 0 Å². The van der Waals surface area contributed by atoms with Gasteiger partial charge in [0, 0.05) is 6.07 Å². The van der Waals surface area contributed by atoms with Crippen molar-refractivity contribution in [2.24, 2.45) is 0 Å². The van der Waals surface area contributed by atoms with E-state index in [1.807, 2.05) is 0 Å². The maximum Gasteiger partial charge on any atom is 0.407 e. The summed E-state index contributed by atoms with van der Waals surface area (Å²) < 4.78 is 37.0. The van der Waals surface area contributed by atoms with Gasteiger partial charge in [0.05, 0.1) is 12.1 Å². The van der Waals surface area contributed by atoms with Crippen molar-refractivity contribution >= 4 is 12.4 Å². The zero-order chi connectivity index (χ0) is 16.9. The molecule has 0 unspecified atom stereocenters. The fraction of sp³-hybridized carbons (Fsp3) is 0.467. The largest absolute Gasteiger partial charge is 0.485 e. The molecule has 122 valence electrons. The molecule has 0 aliphatic heterocycles. The normalized spacial score (nSPS) is 12.5. The summed E-state index contributed by atoms with van der Waals surface area (Å²) in [7, 11) is 0. The first-order chi connectivity index (χ1) is 10.1. The van der Waals surface area contributed by atoms with Crippen LogP contribution in [-0.2, 0) is 4.74 Å². The van der Waals surface area contributed by atoms with Gasteiger partial charge >= 0.3 is 6.09 Å². The summed E-state index contributed by atoms with van der Waals surface area (Å²) in [6.07, 6.45) is -0.987. The molecule has 0 bridgehead atoms. The molecule has 1 aromatic carbocycles. The van der Waals surface area contributed by atoms with Crippen molar-refractivity contribution in [2.45, 2.75) is 39.4 Å². The SMILES string of the molecule is C[C@@H](CNC(=O)OC(C)(C)C)Oc1c(F)cc(F)cc1C=O. The number of amides is 1. The lowest BCUT2D eigenvalue weighted by Gasteiger charge is -2.21. The van der Waals surface area contributed by atoms with Crippen molar-refractivity contribution < 1.29 is 27.8 Å². The van der Waals surface area contributed by atoms with Gasteiger partial charge in [0.1, 0.15) is 17.5 Å². The van der Waals surface area contributed by atoms with E-state index >= 15 is 0 Å². The third kappa shape index (κ3) is 5.67. The zero-order valence-corrected chi connectivity index (χ0v) is 12.9. The molecule has 0 aromatic heterocycles. The highest BCUT2D eigenvalue weighted by molar-refractivity contribution is 5.79. The smallest absolute Gasteiger partial charge is 0.407 e. The Hall–Kier alpha value is -2.18. The van der Waals surface area contributed by atoms with Crippen LogP contribution in [-0.4, -0.2) is 30.6 Å². The molecular weight excluding hydrogens is 296 g/mol. The number of halogens is 2. The number of hydrogen-bond acceptors (Lipinski definition) is 4. The maximum atomic E-state index is 13.6. The van der Waals surface area contributed by atoms with E-state index in [9.17, 15) is 18.4 Å². The van der Waals surface area contributed by atoms with Crippen LogP contribution in [0.4, 0.5) is 13.6 Å². The summed E-state index contributed by atoms with van der Waals surface area (Å²) in [4.78, 5) is 22.3. The molecule has 22 heavy (non-hydrogen) atoms. The minimum Gasteiger partial charge on any atom is -0.485 e. The Labute approximate surface area is 127 Å². The molecule has 1 N–H and O–H groups in total. The molecule has 0 saturated heterocycles. The van der Waals surface area contributed by atoms with Crippen LogP contribution in [0.25, 0.3) is 0 Å². The lowest BCUT2D eigenvalue weighted by Crippen LogP contribution is -2.37. The fourth-order valence-electron chi connectivity index (χ4n) is 1.58. The Morgan fingerprint density at radius 3 is 2.55 bits per heavy atom. The van der Waals surface area contributed by atoms with Gasteiger partial charge in [-0.25, -0.2) is 13.6 Å². The Morgan fingerprint density at radius 2 is 2.00 bits per heavy atom. The number of alkyl carbamates (subject to hydrolysis) is 1. The summed E-state index contributed by atoms with van der Waals surface area (Å²) in [6.45, 7) is 6.75. The molecule has 0 spiro atoms. The molecule has 0 heterocycles. The summed E-state index contributed by atoms with van der Waals surface area (Å²) in [5.41, 5.74) is -0.872. The molecule has 5 nitrogen and oxygen atoms in total. The van der Waals surface area contributed by atoms with Gasteiger partial charge in [0.25, 0.3) is 0 Å². The molecule has 1 rings (SSSR count). The second-order valence-corrected chi connectivity index (χ2v) is 5.74. The first-order valence-corrected chi connectivity index (χ1v) is 6.70.